The molecule has 2 fully saturated rings. The van der Waals surface area contributed by atoms with Crippen LogP contribution >= 0.6 is 0 Å². The predicted octanol–water partition coefficient (Wildman–Crippen LogP) is 3.27. The Hall–Kier alpha value is -2.83. The molecule has 2 aliphatic rings. The molecule has 1 aromatic heterocycles. The fraction of sp³-hybridized carbons (Fsp3) is 0.476. The van der Waals surface area contributed by atoms with E-state index < -0.39 is 5.97 Å². The molecule has 0 bridgehead atoms. The summed E-state index contributed by atoms with van der Waals surface area (Å²) < 4.78 is 5.44. The van der Waals surface area contributed by atoms with Gasteiger partial charge in [-0.3, -0.25) is 4.79 Å². The zero-order valence-electron chi connectivity index (χ0n) is 15.8. The van der Waals surface area contributed by atoms with Crippen LogP contribution < -0.4 is 4.90 Å². The second-order valence-corrected chi connectivity index (χ2v) is 7.55. The molecule has 1 atom stereocenters. The fourth-order valence-corrected chi connectivity index (χ4v) is 4.22. The molecule has 4 rings (SSSR count). The molecular formula is C21H25N3O4. The number of nitrogens with zero attached hydrogens (tertiary/aromatic N) is 3. The highest BCUT2D eigenvalue weighted by Crippen LogP contribution is 2.33. The summed E-state index contributed by atoms with van der Waals surface area (Å²) in [4.78, 5) is 28.8. The average Bonchev–Trinajstić information content (AvgIpc) is 3.20. The Morgan fingerprint density at radius 3 is 2.50 bits per heavy atom. The number of carbonyl (C=O) groups excluding carboxylic acids is 1. The number of carboxylic acids is 1. The van der Waals surface area contributed by atoms with E-state index in [4.69, 9.17) is 4.52 Å². The quantitative estimate of drug-likeness (QED) is 0.872. The molecule has 1 amide bonds. The largest absolute Gasteiger partial charge is 0.477 e. The maximum absolute atomic E-state index is 12.9. The molecule has 1 unspecified atom stereocenters. The Morgan fingerprint density at radius 2 is 1.79 bits per heavy atom. The van der Waals surface area contributed by atoms with Gasteiger partial charge >= 0.3 is 5.97 Å². The van der Waals surface area contributed by atoms with Gasteiger partial charge in [-0.2, -0.15) is 0 Å². The lowest BCUT2D eigenvalue weighted by Gasteiger charge is -2.36. The molecule has 0 spiro atoms. The van der Waals surface area contributed by atoms with Crippen LogP contribution in [-0.4, -0.2) is 53.2 Å². The Morgan fingerprint density at radius 1 is 1.04 bits per heavy atom. The van der Waals surface area contributed by atoms with Crippen LogP contribution in [0.2, 0.25) is 0 Å². The molecule has 1 N–H and O–H groups in total. The molecule has 28 heavy (non-hydrogen) atoms. The topological polar surface area (TPSA) is 86.9 Å². The summed E-state index contributed by atoms with van der Waals surface area (Å²) in [6.45, 7) is 2.82. The third kappa shape index (κ3) is 3.61. The molecule has 0 saturated carbocycles. The van der Waals surface area contributed by atoms with Gasteiger partial charge in [-0.15, -0.1) is 0 Å². The summed E-state index contributed by atoms with van der Waals surface area (Å²) in [5, 5.41) is 13.9. The first kappa shape index (κ1) is 18.5. The number of anilines is 1. The fourth-order valence-electron chi connectivity index (χ4n) is 4.22. The number of likely N-dealkylation sites (tertiary alicyclic amines) is 1. The standard InChI is InChI=1S/C21H25N3O4/c25-20(23-11-5-2-6-12-23)16-10-7-13-24(14-16)19-17(21(26)27)18(28-22-19)15-8-3-1-4-9-15/h1,3-4,8-9,16H,2,5-7,10-14H2,(H,26,27). The van der Waals surface area contributed by atoms with E-state index in [1.807, 2.05) is 28.0 Å². The van der Waals surface area contributed by atoms with E-state index in [0.717, 1.165) is 38.8 Å². The lowest BCUT2D eigenvalue weighted by atomic mass is 9.95. The third-order valence-electron chi connectivity index (χ3n) is 5.66. The Kier molecular flexibility index (Phi) is 5.32. The highest BCUT2D eigenvalue weighted by atomic mass is 16.5. The van der Waals surface area contributed by atoms with Gasteiger partial charge in [0.25, 0.3) is 0 Å². The molecule has 2 aromatic rings. The van der Waals surface area contributed by atoms with Gasteiger partial charge in [0, 0.05) is 31.7 Å². The van der Waals surface area contributed by atoms with Crippen molar-refractivity contribution in [2.24, 2.45) is 5.92 Å². The Labute approximate surface area is 163 Å². The number of carbonyl (C=O) groups is 2. The van der Waals surface area contributed by atoms with Crippen molar-refractivity contribution in [3.8, 4) is 11.3 Å². The van der Waals surface area contributed by atoms with Crippen LogP contribution in [0.25, 0.3) is 11.3 Å². The van der Waals surface area contributed by atoms with Gasteiger partial charge in [-0.1, -0.05) is 35.5 Å². The summed E-state index contributed by atoms with van der Waals surface area (Å²) in [7, 11) is 0. The van der Waals surface area contributed by atoms with Gasteiger partial charge in [0.1, 0.15) is 0 Å². The second kappa shape index (κ2) is 8.04. The lowest BCUT2D eigenvalue weighted by Crippen LogP contribution is -2.46. The van der Waals surface area contributed by atoms with E-state index in [9.17, 15) is 14.7 Å². The zero-order valence-corrected chi connectivity index (χ0v) is 15.8. The van der Waals surface area contributed by atoms with Crippen LogP contribution in [0.3, 0.4) is 0 Å². The number of aromatic nitrogens is 1. The molecular weight excluding hydrogens is 358 g/mol. The summed E-state index contributed by atoms with van der Waals surface area (Å²) in [5.74, 6) is -0.423. The minimum atomic E-state index is -1.07. The van der Waals surface area contributed by atoms with Crippen LogP contribution in [0.5, 0.6) is 0 Å². The SMILES string of the molecule is O=C(O)c1c(N2CCCC(C(=O)N3CCCCC3)C2)noc1-c1ccccc1. The number of amides is 1. The number of hydrogen-bond donors (Lipinski definition) is 1. The molecule has 7 nitrogen and oxygen atoms in total. The summed E-state index contributed by atoms with van der Waals surface area (Å²) in [6, 6.07) is 9.13. The van der Waals surface area contributed by atoms with Gasteiger partial charge in [0.2, 0.25) is 5.91 Å². The number of carboxylic acid groups (broad SMARTS) is 1. The highest BCUT2D eigenvalue weighted by Gasteiger charge is 2.34. The number of aromatic carboxylic acids is 1. The molecule has 0 radical (unpaired) electrons. The van der Waals surface area contributed by atoms with Gasteiger partial charge in [-0.05, 0) is 32.1 Å². The van der Waals surface area contributed by atoms with Gasteiger partial charge < -0.3 is 19.4 Å². The number of piperidine rings is 2. The van der Waals surface area contributed by atoms with Crippen molar-refractivity contribution in [1.29, 1.82) is 0 Å². The number of hydrogen-bond acceptors (Lipinski definition) is 5. The van der Waals surface area contributed by atoms with E-state index in [1.165, 1.54) is 6.42 Å². The van der Waals surface area contributed by atoms with Crippen LogP contribution in [0, 0.1) is 5.92 Å². The van der Waals surface area contributed by atoms with E-state index in [2.05, 4.69) is 5.16 Å². The second-order valence-electron chi connectivity index (χ2n) is 7.55. The summed E-state index contributed by atoms with van der Waals surface area (Å²) >= 11 is 0. The maximum atomic E-state index is 12.9. The van der Waals surface area contributed by atoms with E-state index >= 15 is 0 Å². The number of benzene rings is 1. The van der Waals surface area contributed by atoms with Crippen LogP contribution in [0.1, 0.15) is 42.5 Å². The van der Waals surface area contributed by atoms with Crippen LogP contribution in [0.4, 0.5) is 5.82 Å². The third-order valence-corrected chi connectivity index (χ3v) is 5.66. The minimum Gasteiger partial charge on any atom is -0.477 e. The smallest absolute Gasteiger partial charge is 0.343 e. The number of rotatable bonds is 4. The molecule has 2 aliphatic heterocycles. The molecule has 0 aliphatic carbocycles. The Balaban J connectivity index is 1.57. The first-order valence-corrected chi connectivity index (χ1v) is 9.97. The van der Waals surface area contributed by atoms with Crippen molar-refractivity contribution in [1.82, 2.24) is 10.1 Å². The van der Waals surface area contributed by atoms with Crippen LogP contribution in [-0.2, 0) is 4.79 Å². The monoisotopic (exact) mass is 383 g/mol. The molecule has 3 heterocycles. The highest BCUT2D eigenvalue weighted by molar-refractivity contribution is 5.99. The minimum absolute atomic E-state index is 0.0669. The van der Waals surface area contributed by atoms with Gasteiger partial charge in [0.05, 0.1) is 5.92 Å². The first-order chi connectivity index (χ1) is 13.6. The Bertz CT molecular complexity index is 843. The maximum Gasteiger partial charge on any atom is 0.343 e. The molecule has 1 aromatic carbocycles. The molecule has 7 heteroatoms. The lowest BCUT2D eigenvalue weighted by molar-refractivity contribution is -0.136. The normalized spacial score (nSPS) is 20.2. The van der Waals surface area contributed by atoms with Crippen molar-refractivity contribution in [3.63, 3.8) is 0 Å². The molecule has 2 saturated heterocycles. The van der Waals surface area contributed by atoms with Crippen molar-refractivity contribution in [3.05, 3.63) is 35.9 Å². The van der Waals surface area contributed by atoms with Crippen molar-refractivity contribution in [2.45, 2.75) is 32.1 Å². The van der Waals surface area contributed by atoms with E-state index in [0.29, 0.717) is 24.5 Å². The van der Waals surface area contributed by atoms with Crippen molar-refractivity contribution in [2.75, 3.05) is 31.1 Å². The van der Waals surface area contributed by atoms with Crippen LogP contribution in [0.15, 0.2) is 34.9 Å². The van der Waals surface area contributed by atoms with Crippen molar-refractivity contribution < 1.29 is 19.2 Å². The van der Waals surface area contributed by atoms with Gasteiger partial charge in [-0.25, -0.2) is 4.79 Å². The average molecular weight is 383 g/mol. The zero-order chi connectivity index (χ0) is 19.5. The first-order valence-electron chi connectivity index (χ1n) is 9.97. The predicted molar refractivity (Wildman–Crippen MR) is 104 cm³/mol. The van der Waals surface area contributed by atoms with Gasteiger partial charge in [0.15, 0.2) is 17.1 Å². The van der Waals surface area contributed by atoms with E-state index in [1.54, 1.807) is 12.1 Å². The van der Waals surface area contributed by atoms with Crippen molar-refractivity contribution >= 4 is 17.7 Å². The molecule has 148 valence electrons. The summed E-state index contributed by atoms with van der Waals surface area (Å²) in [5.41, 5.74) is 0.744. The van der Waals surface area contributed by atoms with E-state index in [-0.39, 0.29) is 23.1 Å². The summed E-state index contributed by atoms with van der Waals surface area (Å²) in [6.07, 6.45) is 4.97.